The highest BCUT2D eigenvalue weighted by molar-refractivity contribution is 9.10. The van der Waals surface area contributed by atoms with Crippen molar-refractivity contribution < 1.29 is 14.3 Å². The summed E-state index contributed by atoms with van der Waals surface area (Å²) < 4.78 is 13.8. The number of aromatic nitrogens is 2. The molecule has 0 fully saturated rings. The van der Waals surface area contributed by atoms with Gasteiger partial charge in [0.05, 0.1) is 17.3 Å². The molecular formula is C22H24BrN3O3. The Labute approximate surface area is 179 Å². The minimum atomic E-state index is -0.0783. The summed E-state index contributed by atoms with van der Waals surface area (Å²) in [7, 11) is 1.63. The first-order chi connectivity index (χ1) is 14.0. The molecule has 0 spiro atoms. The third-order valence-electron chi connectivity index (χ3n) is 4.42. The smallest absolute Gasteiger partial charge is 0.251 e. The molecule has 1 heterocycles. The monoisotopic (exact) mass is 457 g/mol. The summed E-state index contributed by atoms with van der Waals surface area (Å²) in [5.74, 6) is 1.48. The zero-order chi connectivity index (χ0) is 20.6. The Morgan fingerprint density at radius 2 is 1.79 bits per heavy atom. The van der Waals surface area contributed by atoms with Gasteiger partial charge in [-0.25, -0.2) is 0 Å². The Morgan fingerprint density at radius 3 is 2.41 bits per heavy atom. The van der Waals surface area contributed by atoms with Crippen LogP contribution in [-0.4, -0.2) is 29.3 Å². The van der Waals surface area contributed by atoms with Crippen molar-refractivity contribution in [2.24, 2.45) is 0 Å². The third kappa shape index (κ3) is 6.09. The first-order valence-electron chi connectivity index (χ1n) is 9.38. The molecule has 0 unspecified atom stereocenters. The predicted molar refractivity (Wildman–Crippen MR) is 115 cm³/mol. The Morgan fingerprint density at radius 1 is 1.10 bits per heavy atom. The molecule has 0 saturated heterocycles. The van der Waals surface area contributed by atoms with E-state index >= 15 is 0 Å². The number of benzene rings is 2. The number of carbonyl (C=O) groups is 1. The lowest BCUT2D eigenvalue weighted by Gasteiger charge is -2.09. The fourth-order valence-corrected chi connectivity index (χ4v) is 3.06. The van der Waals surface area contributed by atoms with Gasteiger partial charge in [0.15, 0.2) is 0 Å². The molecule has 0 radical (unpaired) electrons. The maximum atomic E-state index is 12.3. The molecule has 6 nitrogen and oxygen atoms in total. The second kappa shape index (κ2) is 10.1. The van der Waals surface area contributed by atoms with E-state index in [-0.39, 0.29) is 5.91 Å². The number of ether oxygens (including phenoxy) is 2. The van der Waals surface area contributed by atoms with Gasteiger partial charge >= 0.3 is 0 Å². The SMILES string of the molecule is COc1ccc(OCc2ccc(C(=O)NCCCn3cc(Br)c(C)n3)cc2)cc1. The Hall–Kier alpha value is -2.80. The number of amides is 1. The highest BCUT2D eigenvalue weighted by atomic mass is 79.9. The number of hydrogen-bond donors (Lipinski definition) is 1. The molecule has 0 aliphatic heterocycles. The molecule has 29 heavy (non-hydrogen) atoms. The van der Waals surface area contributed by atoms with Crippen LogP contribution >= 0.6 is 15.9 Å². The molecule has 152 valence electrons. The standard InChI is InChI=1S/C22H24BrN3O3/c1-16-21(23)14-26(25-16)13-3-12-24-22(27)18-6-4-17(5-7-18)15-29-20-10-8-19(28-2)9-11-20/h4-11,14H,3,12-13,15H2,1-2H3,(H,24,27). The molecule has 3 rings (SSSR count). The number of nitrogens with one attached hydrogen (secondary N) is 1. The van der Waals surface area contributed by atoms with E-state index in [9.17, 15) is 4.79 Å². The summed E-state index contributed by atoms with van der Waals surface area (Å²) in [6.45, 7) is 3.74. The van der Waals surface area contributed by atoms with E-state index in [4.69, 9.17) is 9.47 Å². The largest absolute Gasteiger partial charge is 0.497 e. The van der Waals surface area contributed by atoms with E-state index in [1.54, 1.807) is 7.11 Å². The maximum absolute atomic E-state index is 12.3. The highest BCUT2D eigenvalue weighted by Crippen LogP contribution is 2.18. The van der Waals surface area contributed by atoms with Gasteiger partial charge in [-0.05, 0) is 71.2 Å². The van der Waals surface area contributed by atoms with Crippen LogP contribution in [0, 0.1) is 6.92 Å². The molecule has 1 amide bonds. The van der Waals surface area contributed by atoms with Gasteiger partial charge in [-0.15, -0.1) is 0 Å². The second-order valence-electron chi connectivity index (χ2n) is 6.60. The fourth-order valence-electron chi connectivity index (χ4n) is 2.74. The van der Waals surface area contributed by atoms with Gasteiger partial charge < -0.3 is 14.8 Å². The van der Waals surface area contributed by atoms with Crippen LogP contribution in [0.4, 0.5) is 0 Å². The lowest BCUT2D eigenvalue weighted by molar-refractivity contribution is 0.0952. The van der Waals surface area contributed by atoms with Gasteiger partial charge in [-0.1, -0.05) is 12.1 Å². The van der Waals surface area contributed by atoms with E-state index in [1.807, 2.05) is 66.3 Å². The predicted octanol–water partition coefficient (Wildman–Crippen LogP) is 4.36. The van der Waals surface area contributed by atoms with Gasteiger partial charge in [0.25, 0.3) is 5.91 Å². The Bertz CT molecular complexity index is 917. The average molecular weight is 458 g/mol. The van der Waals surface area contributed by atoms with Crippen molar-refractivity contribution in [3.05, 3.63) is 76.0 Å². The van der Waals surface area contributed by atoms with Crippen LogP contribution in [0.3, 0.4) is 0 Å². The minimum Gasteiger partial charge on any atom is -0.497 e. The molecule has 1 N–H and O–H groups in total. The van der Waals surface area contributed by atoms with Crippen molar-refractivity contribution in [3.63, 3.8) is 0 Å². The third-order valence-corrected chi connectivity index (χ3v) is 5.20. The first kappa shape index (κ1) is 20.9. The number of rotatable bonds is 9. The van der Waals surface area contributed by atoms with Crippen LogP contribution in [0.15, 0.2) is 59.2 Å². The lowest BCUT2D eigenvalue weighted by atomic mass is 10.1. The van der Waals surface area contributed by atoms with Crippen molar-refractivity contribution in [2.45, 2.75) is 26.5 Å². The van der Waals surface area contributed by atoms with Crippen molar-refractivity contribution in [1.82, 2.24) is 15.1 Å². The molecule has 3 aromatic rings. The molecular weight excluding hydrogens is 434 g/mol. The van der Waals surface area contributed by atoms with Crippen LogP contribution in [0.1, 0.15) is 28.0 Å². The number of nitrogens with zero attached hydrogens (tertiary/aromatic N) is 2. The van der Waals surface area contributed by atoms with E-state index in [0.717, 1.165) is 40.2 Å². The molecule has 0 aliphatic rings. The van der Waals surface area contributed by atoms with Crippen molar-refractivity contribution in [1.29, 1.82) is 0 Å². The molecule has 2 aromatic carbocycles. The molecule has 1 aromatic heterocycles. The van der Waals surface area contributed by atoms with Gasteiger partial charge in [0.2, 0.25) is 0 Å². The van der Waals surface area contributed by atoms with Gasteiger partial charge in [-0.2, -0.15) is 5.10 Å². The van der Waals surface area contributed by atoms with E-state index in [0.29, 0.717) is 18.7 Å². The Balaban J connectivity index is 1.41. The molecule has 0 saturated carbocycles. The van der Waals surface area contributed by atoms with Gasteiger partial charge in [0, 0.05) is 24.8 Å². The zero-order valence-electron chi connectivity index (χ0n) is 16.5. The van der Waals surface area contributed by atoms with Crippen molar-refractivity contribution in [2.75, 3.05) is 13.7 Å². The zero-order valence-corrected chi connectivity index (χ0v) is 18.1. The minimum absolute atomic E-state index is 0.0783. The van der Waals surface area contributed by atoms with Gasteiger partial charge in [0.1, 0.15) is 18.1 Å². The van der Waals surface area contributed by atoms with Crippen LogP contribution in [0.5, 0.6) is 11.5 Å². The summed E-state index contributed by atoms with van der Waals surface area (Å²) >= 11 is 3.45. The van der Waals surface area contributed by atoms with Crippen LogP contribution in [-0.2, 0) is 13.2 Å². The molecule has 0 atom stereocenters. The van der Waals surface area contributed by atoms with Crippen LogP contribution in [0.2, 0.25) is 0 Å². The highest BCUT2D eigenvalue weighted by Gasteiger charge is 2.06. The van der Waals surface area contributed by atoms with Crippen molar-refractivity contribution >= 4 is 21.8 Å². The number of hydrogen-bond acceptors (Lipinski definition) is 4. The molecule has 7 heteroatoms. The molecule has 0 aliphatic carbocycles. The second-order valence-corrected chi connectivity index (χ2v) is 7.45. The van der Waals surface area contributed by atoms with Crippen molar-refractivity contribution in [3.8, 4) is 11.5 Å². The van der Waals surface area contributed by atoms with Crippen LogP contribution in [0.25, 0.3) is 0 Å². The summed E-state index contributed by atoms with van der Waals surface area (Å²) in [5.41, 5.74) is 2.60. The van der Waals surface area contributed by atoms with Gasteiger partial charge in [-0.3, -0.25) is 9.48 Å². The summed E-state index contributed by atoms with van der Waals surface area (Å²) in [6, 6.07) is 14.9. The summed E-state index contributed by atoms with van der Waals surface area (Å²) in [6.07, 6.45) is 2.76. The van der Waals surface area contributed by atoms with E-state index < -0.39 is 0 Å². The lowest BCUT2D eigenvalue weighted by Crippen LogP contribution is -2.25. The maximum Gasteiger partial charge on any atom is 0.251 e. The average Bonchev–Trinajstić information content (AvgIpc) is 3.07. The number of carbonyl (C=O) groups excluding carboxylic acids is 1. The Kier molecular flexibility index (Phi) is 7.30. The fraction of sp³-hybridized carbons (Fsp3) is 0.273. The van der Waals surface area contributed by atoms with E-state index in [1.165, 1.54) is 0 Å². The molecule has 0 bridgehead atoms. The number of halogens is 1. The first-order valence-corrected chi connectivity index (χ1v) is 10.2. The number of methoxy groups -OCH3 is 1. The number of aryl methyl sites for hydroxylation is 2. The summed E-state index contributed by atoms with van der Waals surface area (Å²) in [4.78, 5) is 12.3. The topological polar surface area (TPSA) is 65.4 Å². The van der Waals surface area contributed by atoms with E-state index in [2.05, 4.69) is 26.3 Å². The quantitative estimate of drug-likeness (QED) is 0.484. The normalized spacial score (nSPS) is 10.6. The summed E-state index contributed by atoms with van der Waals surface area (Å²) in [5, 5.41) is 7.33. The van der Waals surface area contributed by atoms with Crippen LogP contribution < -0.4 is 14.8 Å².